The first-order chi connectivity index (χ1) is 19.8. The van der Waals surface area contributed by atoms with E-state index in [9.17, 15) is 16.8 Å². The number of sulfone groups is 1. The molecule has 13 heteroatoms. The average Bonchev–Trinajstić information content (AvgIpc) is 3.41. The summed E-state index contributed by atoms with van der Waals surface area (Å²) in [6.07, 6.45) is 1.22. The maximum absolute atomic E-state index is 11.2. The molecule has 0 bridgehead atoms. The van der Waals surface area contributed by atoms with Crippen molar-refractivity contribution in [2.24, 2.45) is 0 Å². The van der Waals surface area contributed by atoms with Crippen LogP contribution >= 0.6 is 0 Å². The second kappa shape index (κ2) is 13.9. The standard InChI is InChI=1S/C22H22N4O3S.C8H10O3S.H2O/c1-30(27,28)12-11-24-14-17-8-10-20(29-17)16-7-9-19-18(13-16)21(23)26-22(25-19)15-5-3-2-4-6-15;1-6-4-3-5-8(7(6)2)12(9,10)11;/h2-10,13,24H,11-12,14H2,1H3,(H2,23,25,26);3-5H,1-2H3,(H,9,10,11);1H2. The van der Waals surface area contributed by atoms with Crippen molar-refractivity contribution < 1.29 is 31.3 Å². The summed E-state index contributed by atoms with van der Waals surface area (Å²) in [6, 6.07) is 24.0. The number of fused-ring (bicyclic) bond motifs is 1. The SMILES string of the molecule is CS(=O)(=O)CCNCc1ccc(-c2ccc3nc(-c4ccccc4)nc(N)c3c2)o1.Cc1cccc(S(=O)(=O)O)c1C.O. The Labute approximate surface area is 250 Å². The molecule has 0 amide bonds. The molecule has 0 fully saturated rings. The number of nitrogen functional groups attached to an aromatic ring is 1. The number of aromatic nitrogens is 2. The van der Waals surface area contributed by atoms with E-state index in [1.54, 1.807) is 26.0 Å². The van der Waals surface area contributed by atoms with Crippen LogP contribution in [-0.2, 0) is 26.5 Å². The third-order valence-corrected chi connectivity index (χ3v) is 8.43. The number of anilines is 1. The summed E-state index contributed by atoms with van der Waals surface area (Å²) in [7, 11) is -7.03. The number of hydrogen-bond acceptors (Lipinski definition) is 9. The number of hydrogen-bond donors (Lipinski definition) is 3. The van der Waals surface area contributed by atoms with Crippen molar-refractivity contribution in [3.8, 4) is 22.7 Å². The van der Waals surface area contributed by atoms with Gasteiger partial charge in [-0.3, -0.25) is 4.55 Å². The molecule has 228 valence electrons. The predicted molar refractivity (Wildman–Crippen MR) is 168 cm³/mol. The minimum atomic E-state index is -4.06. The summed E-state index contributed by atoms with van der Waals surface area (Å²) in [4.78, 5) is 9.08. The zero-order valence-corrected chi connectivity index (χ0v) is 25.5. The Morgan fingerprint density at radius 1 is 0.884 bits per heavy atom. The number of nitrogens with one attached hydrogen (secondary N) is 1. The van der Waals surface area contributed by atoms with Crippen LogP contribution in [0.5, 0.6) is 0 Å². The van der Waals surface area contributed by atoms with Crippen LogP contribution in [0.3, 0.4) is 0 Å². The lowest BCUT2D eigenvalue weighted by atomic mass is 10.1. The molecule has 0 atom stereocenters. The molecule has 0 aliphatic rings. The maximum Gasteiger partial charge on any atom is 0.294 e. The van der Waals surface area contributed by atoms with Crippen LogP contribution in [0, 0.1) is 13.8 Å². The topological polar surface area (TPSA) is 197 Å². The monoisotopic (exact) mass is 626 g/mol. The van der Waals surface area contributed by atoms with Crippen LogP contribution in [0.25, 0.3) is 33.6 Å². The molecule has 6 N–H and O–H groups in total. The Morgan fingerprint density at radius 2 is 1.60 bits per heavy atom. The Hall–Kier alpha value is -4.14. The highest BCUT2D eigenvalue weighted by molar-refractivity contribution is 7.90. The largest absolute Gasteiger partial charge is 0.460 e. The van der Waals surface area contributed by atoms with Gasteiger partial charge < -0.3 is 20.9 Å². The lowest BCUT2D eigenvalue weighted by Gasteiger charge is -2.07. The molecule has 0 unspecified atom stereocenters. The second-order valence-electron chi connectivity index (χ2n) is 9.78. The molecule has 5 rings (SSSR count). The van der Waals surface area contributed by atoms with E-state index >= 15 is 0 Å². The van der Waals surface area contributed by atoms with E-state index in [1.807, 2.05) is 60.7 Å². The number of aryl methyl sites for hydroxylation is 1. The van der Waals surface area contributed by atoms with Crippen LogP contribution in [0.2, 0.25) is 0 Å². The van der Waals surface area contributed by atoms with E-state index in [0.29, 0.717) is 36.1 Å². The molecular weight excluding hydrogens is 592 g/mol. The Kier molecular flexibility index (Phi) is 10.8. The van der Waals surface area contributed by atoms with E-state index < -0.39 is 20.0 Å². The normalized spacial score (nSPS) is 11.4. The van der Waals surface area contributed by atoms with Gasteiger partial charge in [0.15, 0.2) is 5.82 Å². The summed E-state index contributed by atoms with van der Waals surface area (Å²) < 4.78 is 58.5. The highest BCUT2D eigenvalue weighted by Gasteiger charge is 2.13. The number of furan rings is 1. The second-order valence-corrected chi connectivity index (χ2v) is 13.4. The number of nitrogens with two attached hydrogens (primary N) is 1. The van der Waals surface area contributed by atoms with E-state index in [1.165, 1.54) is 12.3 Å². The minimum Gasteiger partial charge on any atom is -0.460 e. The zero-order chi connectivity index (χ0) is 30.5. The molecule has 5 aromatic rings. The molecular formula is C30H34N4O7S2. The third kappa shape index (κ3) is 8.92. The van der Waals surface area contributed by atoms with Gasteiger partial charge in [0.25, 0.3) is 10.1 Å². The molecule has 0 saturated carbocycles. The van der Waals surface area contributed by atoms with Crippen LogP contribution in [0.1, 0.15) is 16.9 Å². The fraction of sp³-hybridized carbons (Fsp3) is 0.200. The van der Waals surface area contributed by atoms with Crippen molar-refractivity contribution in [1.82, 2.24) is 15.3 Å². The minimum absolute atomic E-state index is 0. The van der Waals surface area contributed by atoms with Crippen molar-refractivity contribution in [1.29, 1.82) is 0 Å². The Bertz CT molecular complexity index is 1930. The fourth-order valence-electron chi connectivity index (χ4n) is 4.12. The van der Waals surface area contributed by atoms with Crippen molar-refractivity contribution >= 4 is 36.7 Å². The molecule has 2 aromatic heterocycles. The lowest BCUT2D eigenvalue weighted by Crippen LogP contribution is -2.21. The van der Waals surface area contributed by atoms with Crippen LogP contribution in [0.4, 0.5) is 5.82 Å². The summed E-state index contributed by atoms with van der Waals surface area (Å²) in [5.74, 6) is 2.52. The summed E-state index contributed by atoms with van der Waals surface area (Å²) in [5.41, 5.74) is 10.2. The molecule has 0 aliphatic carbocycles. The van der Waals surface area contributed by atoms with Gasteiger partial charge in [0.1, 0.15) is 27.2 Å². The van der Waals surface area contributed by atoms with Crippen LogP contribution < -0.4 is 11.1 Å². The molecule has 0 radical (unpaired) electrons. The first-order valence-corrected chi connectivity index (χ1v) is 16.5. The van der Waals surface area contributed by atoms with Gasteiger partial charge in [-0.05, 0) is 61.4 Å². The Balaban J connectivity index is 0.000000329. The highest BCUT2D eigenvalue weighted by Crippen LogP contribution is 2.29. The van der Waals surface area contributed by atoms with Gasteiger partial charge in [-0.25, -0.2) is 18.4 Å². The predicted octanol–water partition coefficient (Wildman–Crippen LogP) is 4.00. The van der Waals surface area contributed by atoms with Crippen molar-refractivity contribution in [3.05, 3.63) is 95.7 Å². The van der Waals surface area contributed by atoms with Gasteiger partial charge in [0.2, 0.25) is 0 Å². The average molecular weight is 627 g/mol. The van der Waals surface area contributed by atoms with Gasteiger partial charge in [-0.2, -0.15) is 8.42 Å². The number of nitrogens with zero attached hydrogens (tertiary/aromatic N) is 2. The first-order valence-electron chi connectivity index (χ1n) is 13.0. The van der Waals surface area contributed by atoms with Gasteiger partial charge in [-0.15, -0.1) is 0 Å². The van der Waals surface area contributed by atoms with E-state index in [-0.39, 0.29) is 16.1 Å². The van der Waals surface area contributed by atoms with Crippen molar-refractivity contribution in [3.63, 3.8) is 0 Å². The van der Waals surface area contributed by atoms with Gasteiger partial charge >= 0.3 is 0 Å². The summed E-state index contributed by atoms with van der Waals surface area (Å²) in [5, 5.41) is 3.83. The summed E-state index contributed by atoms with van der Waals surface area (Å²) >= 11 is 0. The first kappa shape index (κ1) is 33.4. The zero-order valence-electron chi connectivity index (χ0n) is 23.9. The van der Waals surface area contributed by atoms with Gasteiger partial charge in [-0.1, -0.05) is 42.5 Å². The third-order valence-electron chi connectivity index (χ3n) is 6.49. The highest BCUT2D eigenvalue weighted by atomic mass is 32.2. The maximum atomic E-state index is 11.2. The van der Waals surface area contributed by atoms with E-state index in [0.717, 1.165) is 33.4 Å². The molecule has 11 nitrogen and oxygen atoms in total. The van der Waals surface area contributed by atoms with Gasteiger partial charge in [0, 0.05) is 29.3 Å². The molecule has 3 aromatic carbocycles. The van der Waals surface area contributed by atoms with Crippen molar-refractivity contribution in [2.75, 3.05) is 24.3 Å². The molecule has 43 heavy (non-hydrogen) atoms. The number of benzene rings is 3. The van der Waals surface area contributed by atoms with E-state index in [4.69, 9.17) is 14.7 Å². The summed E-state index contributed by atoms with van der Waals surface area (Å²) in [6.45, 7) is 4.29. The van der Waals surface area contributed by atoms with Crippen molar-refractivity contribution in [2.45, 2.75) is 25.3 Å². The molecule has 0 spiro atoms. The Morgan fingerprint density at radius 3 is 2.26 bits per heavy atom. The molecule has 0 saturated heterocycles. The lowest BCUT2D eigenvalue weighted by molar-refractivity contribution is 0.482. The smallest absolute Gasteiger partial charge is 0.294 e. The number of rotatable bonds is 8. The van der Waals surface area contributed by atoms with Crippen LogP contribution in [-0.4, -0.2) is 55.4 Å². The van der Waals surface area contributed by atoms with Crippen LogP contribution in [0.15, 0.2) is 88.2 Å². The fourth-order valence-corrected chi connectivity index (χ4v) is 5.44. The quantitative estimate of drug-likeness (QED) is 0.167. The molecule has 2 heterocycles. The molecule has 0 aliphatic heterocycles. The van der Waals surface area contributed by atoms with Gasteiger partial charge in [0.05, 0.1) is 22.7 Å². The van der Waals surface area contributed by atoms with E-state index in [2.05, 4.69) is 15.3 Å².